The normalized spacial score (nSPS) is 18.3. The number of rotatable bonds is 6. The van der Waals surface area contributed by atoms with E-state index in [-0.39, 0.29) is 29.4 Å². The highest BCUT2D eigenvalue weighted by atomic mass is 16.7. The van der Waals surface area contributed by atoms with Crippen LogP contribution in [0.1, 0.15) is 44.7 Å². The number of pyridine rings is 1. The maximum absolute atomic E-state index is 13.0. The summed E-state index contributed by atoms with van der Waals surface area (Å²) in [5, 5.41) is 2.14. The zero-order valence-corrected chi connectivity index (χ0v) is 18.6. The smallest absolute Gasteiger partial charge is 0.399 e. The van der Waals surface area contributed by atoms with E-state index in [2.05, 4.69) is 4.98 Å². The van der Waals surface area contributed by atoms with Gasteiger partial charge in [0.2, 0.25) is 0 Å². The van der Waals surface area contributed by atoms with Gasteiger partial charge in [0.25, 0.3) is 0 Å². The van der Waals surface area contributed by atoms with Crippen molar-refractivity contribution in [1.82, 2.24) is 4.98 Å². The number of fused-ring (bicyclic) bond motifs is 1. The SMILES string of the molecule is CC1(C)OB(c2ccc(C(CN)C(=O)Cc3ccc4cnccc4c3)cc2)OC1(C)C. The zero-order valence-electron chi connectivity index (χ0n) is 18.6. The van der Waals surface area contributed by atoms with Crippen LogP contribution in [-0.4, -0.2) is 35.6 Å². The average molecular weight is 416 g/mol. The summed E-state index contributed by atoms with van der Waals surface area (Å²) in [7, 11) is -0.418. The fourth-order valence-corrected chi connectivity index (χ4v) is 3.89. The number of Topliss-reactive ketones (excluding diaryl/α,β-unsaturated/α-hetero) is 1. The quantitative estimate of drug-likeness (QED) is 0.624. The largest absolute Gasteiger partial charge is 0.494 e. The van der Waals surface area contributed by atoms with Crippen molar-refractivity contribution in [2.75, 3.05) is 6.54 Å². The van der Waals surface area contributed by atoms with Gasteiger partial charge in [-0.1, -0.05) is 42.5 Å². The highest BCUT2D eigenvalue weighted by Gasteiger charge is 2.51. The lowest BCUT2D eigenvalue weighted by Crippen LogP contribution is -2.41. The second kappa shape index (κ2) is 8.19. The molecule has 5 nitrogen and oxygen atoms in total. The fraction of sp³-hybridized carbons (Fsp3) is 0.360. The molecule has 2 heterocycles. The van der Waals surface area contributed by atoms with Gasteiger partial charge in [0.15, 0.2) is 0 Å². The molecule has 4 rings (SSSR count). The van der Waals surface area contributed by atoms with E-state index >= 15 is 0 Å². The van der Waals surface area contributed by atoms with Gasteiger partial charge in [-0.25, -0.2) is 0 Å². The van der Waals surface area contributed by atoms with E-state index in [1.54, 1.807) is 6.20 Å². The molecular weight excluding hydrogens is 387 g/mol. The molecule has 1 aliphatic rings. The number of hydrogen-bond acceptors (Lipinski definition) is 5. The molecule has 1 atom stereocenters. The third-order valence-electron chi connectivity index (χ3n) is 6.57. The van der Waals surface area contributed by atoms with E-state index in [1.165, 1.54) is 0 Å². The van der Waals surface area contributed by atoms with Crippen LogP contribution < -0.4 is 11.2 Å². The zero-order chi connectivity index (χ0) is 22.2. The topological polar surface area (TPSA) is 74.4 Å². The van der Waals surface area contributed by atoms with Gasteiger partial charge in [-0.15, -0.1) is 0 Å². The Morgan fingerprint density at radius 2 is 1.68 bits per heavy atom. The third-order valence-corrected chi connectivity index (χ3v) is 6.57. The molecule has 2 aromatic carbocycles. The molecule has 0 spiro atoms. The number of nitrogens with zero attached hydrogens (tertiary/aromatic N) is 1. The summed E-state index contributed by atoms with van der Waals surface area (Å²) in [6.07, 6.45) is 3.93. The number of nitrogens with two attached hydrogens (primary N) is 1. The molecule has 0 aliphatic carbocycles. The monoisotopic (exact) mass is 416 g/mol. The summed E-state index contributed by atoms with van der Waals surface area (Å²) in [6, 6.07) is 15.8. The molecule has 0 amide bonds. The maximum atomic E-state index is 13.0. The summed E-state index contributed by atoms with van der Waals surface area (Å²) < 4.78 is 12.2. The second-order valence-electron chi connectivity index (χ2n) is 9.24. The van der Waals surface area contributed by atoms with Crippen LogP contribution >= 0.6 is 0 Å². The minimum atomic E-state index is -0.418. The van der Waals surface area contributed by atoms with Crippen LogP contribution in [0.5, 0.6) is 0 Å². The Labute approximate surface area is 184 Å². The molecule has 0 bridgehead atoms. The lowest BCUT2D eigenvalue weighted by molar-refractivity contribution is -0.119. The summed E-state index contributed by atoms with van der Waals surface area (Å²) in [5.74, 6) is -0.236. The number of aromatic nitrogens is 1. The number of carbonyl (C=O) groups excluding carboxylic acids is 1. The van der Waals surface area contributed by atoms with Gasteiger partial charge in [0.1, 0.15) is 5.78 Å². The van der Waals surface area contributed by atoms with E-state index in [9.17, 15) is 4.79 Å². The minimum absolute atomic E-state index is 0.110. The van der Waals surface area contributed by atoms with Crippen molar-refractivity contribution in [3.05, 3.63) is 72.1 Å². The molecule has 1 fully saturated rings. The van der Waals surface area contributed by atoms with E-state index in [1.807, 2.05) is 82.4 Å². The van der Waals surface area contributed by atoms with Gasteiger partial charge in [-0.2, -0.15) is 0 Å². The Morgan fingerprint density at radius 1 is 1.00 bits per heavy atom. The van der Waals surface area contributed by atoms with Crippen LogP contribution in [0.15, 0.2) is 60.9 Å². The average Bonchev–Trinajstić information content (AvgIpc) is 2.96. The predicted molar refractivity (Wildman–Crippen MR) is 124 cm³/mol. The van der Waals surface area contributed by atoms with Gasteiger partial charge in [-0.05, 0) is 55.7 Å². The first-order chi connectivity index (χ1) is 14.7. The summed E-state index contributed by atoms with van der Waals surface area (Å²) in [6.45, 7) is 8.41. The molecular formula is C25H29BN2O3. The molecule has 31 heavy (non-hydrogen) atoms. The Bertz CT molecular complexity index is 1080. The molecule has 1 aromatic heterocycles. The summed E-state index contributed by atoms with van der Waals surface area (Å²) >= 11 is 0. The van der Waals surface area contributed by atoms with E-state index in [0.29, 0.717) is 6.42 Å². The van der Waals surface area contributed by atoms with Crippen molar-refractivity contribution >= 4 is 29.1 Å². The second-order valence-corrected chi connectivity index (χ2v) is 9.24. The van der Waals surface area contributed by atoms with Crippen LogP contribution in [0.25, 0.3) is 10.8 Å². The van der Waals surface area contributed by atoms with Crippen LogP contribution in [0, 0.1) is 0 Å². The first-order valence-electron chi connectivity index (χ1n) is 10.7. The van der Waals surface area contributed by atoms with Gasteiger partial charge in [0, 0.05) is 30.7 Å². The number of ketones is 1. The fourth-order valence-electron chi connectivity index (χ4n) is 3.89. The number of hydrogen-bond donors (Lipinski definition) is 1. The van der Waals surface area contributed by atoms with Crippen molar-refractivity contribution in [2.45, 2.75) is 51.2 Å². The highest BCUT2D eigenvalue weighted by molar-refractivity contribution is 6.62. The van der Waals surface area contributed by atoms with Crippen molar-refractivity contribution in [1.29, 1.82) is 0 Å². The lowest BCUT2D eigenvalue weighted by Gasteiger charge is -2.32. The molecule has 0 saturated carbocycles. The van der Waals surface area contributed by atoms with Gasteiger partial charge in [0.05, 0.1) is 17.1 Å². The molecule has 2 N–H and O–H groups in total. The van der Waals surface area contributed by atoms with Gasteiger partial charge in [-0.3, -0.25) is 9.78 Å². The van der Waals surface area contributed by atoms with Crippen LogP contribution in [-0.2, 0) is 20.5 Å². The lowest BCUT2D eigenvalue weighted by atomic mass is 9.78. The Balaban J connectivity index is 1.49. The van der Waals surface area contributed by atoms with Gasteiger partial charge < -0.3 is 15.0 Å². The maximum Gasteiger partial charge on any atom is 0.494 e. The molecule has 1 unspecified atom stereocenters. The Morgan fingerprint density at radius 3 is 2.32 bits per heavy atom. The number of carbonyl (C=O) groups is 1. The van der Waals surface area contributed by atoms with E-state index < -0.39 is 7.12 Å². The highest BCUT2D eigenvalue weighted by Crippen LogP contribution is 2.36. The van der Waals surface area contributed by atoms with E-state index in [0.717, 1.165) is 27.4 Å². The minimum Gasteiger partial charge on any atom is -0.399 e. The van der Waals surface area contributed by atoms with Crippen LogP contribution in [0.2, 0.25) is 0 Å². The Hall–Kier alpha value is -2.54. The van der Waals surface area contributed by atoms with Crippen molar-refractivity contribution in [3.8, 4) is 0 Å². The predicted octanol–water partition coefficient (Wildman–Crippen LogP) is 3.39. The summed E-state index contributed by atoms with van der Waals surface area (Å²) in [4.78, 5) is 17.2. The summed E-state index contributed by atoms with van der Waals surface area (Å²) in [5.41, 5.74) is 8.06. The standard InChI is InChI=1S/C25H29BN2O3/c1-24(2)25(3,4)31-26(30-24)21-9-7-18(8-10-21)22(15-27)23(29)14-17-5-6-20-16-28-12-11-19(20)13-17/h5-13,16,22H,14-15,27H2,1-4H3. The van der Waals surface area contributed by atoms with Crippen molar-refractivity contribution in [2.24, 2.45) is 5.73 Å². The van der Waals surface area contributed by atoms with Gasteiger partial charge >= 0.3 is 7.12 Å². The van der Waals surface area contributed by atoms with Crippen LogP contribution in [0.4, 0.5) is 0 Å². The molecule has 160 valence electrons. The molecule has 1 aliphatic heterocycles. The number of benzene rings is 2. The Kier molecular flexibility index (Phi) is 5.73. The molecule has 6 heteroatoms. The van der Waals surface area contributed by atoms with Crippen molar-refractivity contribution < 1.29 is 14.1 Å². The first-order valence-corrected chi connectivity index (χ1v) is 10.7. The molecule has 0 radical (unpaired) electrons. The molecule has 3 aromatic rings. The first kappa shape index (κ1) is 21.7. The van der Waals surface area contributed by atoms with Crippen LogP contribution in [0.3, 0.4) is 0 Å². The third kappa shape index (κ3) is 4.29. The molecule has 1 saturated heterocycles. The van der Waals surface area contributed by atoms with Crippen molar-refractivity contribution in [3.63, 3.8) is 0 Å². The van der Waals surface area contributed by atoms with E-state index in [4.69, 9.17) is 15.0 Å².